The molecule has 0 bridgehead atoms. The number of carbonyl (C=O) groups is 2. The molecule has 0 aliphatic carbocycles. The average molecular weight is 343 g/mol. The summed E-state index contributed by atoms with van der Waals surface area (Å²) >= 11 is 0. The zero-order chi connectivity index (χ0) is 18.6. The molecule has 0 unspecified atom stereocenters. The van der Waals surface area contributed by atoms with E-state index in [-0.39, 0.29) is 18.2 Å². The van der Waals surface area contributed by atoms with Crippen LogP contribution in [0.3, 0.4) is 0 Å². The molecule has 2 rings (SSSR count). The van der Waals surface area contributed by atoms with Gasteiger partial charge in [-0.2, -0.15) is 5.10 Å². The molecule has 1 aromatic carbocycles. The number of anilines is 1. The highest BCUT2D eigenvalue weighted by Gasteiger charge is 2.22. The molecule has 1 aromatic heterocycles. The third-order valence-electron chi connectivity index (χ3n) is 4.28. The standard InChI is InChI=1S/C19H25N3O3/c1-12(16-9-7-6-8-10-16)11-17(23)25-15(4)19(24)20-18-13(2)21-22(5)14(18)3/h6-10,12,15H,11H2,1-5H3,(H,20,24)/t12-,15-/m1/s1. The van der Waals surface area contributed by atoms with Gasteiger partial charge in [0.15, 0.2) is 6.10 Å². The number of nitrogens with one attached hydrogen (secondary N) is 1. The van der Waals surface area contributed by atoms with Crippen LogP contribution in [0.5, 0.6) is 0 Å². The number of carbonyl (C=O) groups excluding carboxylic acids is 2. The van der Waals surface area contributed by atoms with E-state index < -0.39 is 12.1 Å². The molecule has 134 valence electrons. The lowest BCUT2D eigenvalue weighted by Gasteiger charge is -2.16. The normalized spacial score (nSPS) is 13.2. The molecular weight excluding hydrogens is 318 g/mol. The van der Waals surface area contributed by atoms with Crippen molar-refractivity contribution in [2.24, 2.45) is 7.05 Å². The number of hydrogen-bond donors (Lipinski definition) is 1. The van der Waals surface area contributed by atoms with Gasteiger partial charge >= 0.3 is 5.97 Å². The maximum absolute atomic E-state index is 12.3. The molecule has 6 heteroatoms. The van der Waals surface area contributed by atoms with Gasteiger partial charge in [0.1, 0.15) is 0 Å². The molecule has 0 spiro atoms. The molecule has 1 heterocycles. The van der Waals surface area contributed by atoms with Crippen LogP contribution in [0, 0.1) is 13.8 Å². The number of benzene rings is 1. The monoisotopic (exact) mass is 343 g/mol. The molecule has 0 saturated heterocycles. The van der Waals surface area contributed by atoms with Crippen LogP contribution >= 0.6 is 0 Å². The second-order valence-electron chi connectivity index (χ2n) is 6.31. The summed E-state index contributed by atoms with van der Waals surface area (Å²) in [7, 11) is 1.81. The lowest BCUT2D eigenvalue weighted by Crippen LogP contribution is -2.30. The SMILES string of the molecule is Cc1nn(C)c(C)c1NC(=O)[C@@H](C)OC(=O)C[C@@H](C)c1ccccc1. The van der Waals surface area contributed by atoms with Crippen molar-refractivity contribution in [3.05, 3.63) is 47.3 Å². The highest BCUT2D eigenvalue weighted by atomic mass is 16.5. The molecule has 0 aliphatic rings. The minimum Gasteiger partial charge on any atom is -0.453 e. The molecule has 25 heavy (non-hydrogen) atoms. The van der Waals surface area contributed by atoms with Crippen molar-refractivity contribution in [2.45, 2.75) is 46.1 Å². The van der Waals surface area contributed by atoms with Crippen molar-refractivity contribution in [1.29, 1.82) is 0 Å². The fourth-order valence-corrected chi connectivity index (χ4v) is 2.63. The van der Waals surface area contributed by atoms with Crippen molar-refractivity contribution in [3.8, 4) is 0 Å². The zero-order valence-electron chi connectivity index (χ0n) is 15.4. The van der Waals surface area contributed by atoms with E-state index in [0.29, 0.717) is 5.69 Å². The Morgan fingerprint density at radius 1 is 1.20 bits per heavy atom. The van der Waals surface area contributed by atoms with Gasteiger partial charge in [-0.15, -0.1) is 0 Å². The van der Waals surface area contributed by atoms with Crippen LogP contribution in [-0.2, 0) is 21.4 Å². The Hall–Kier alpha value is -2.63. The number of esters is 1. The van der Waals surface area contributed by atoms with E-state index in [1.807, 2.05) is 58.2 Å². The lowest BCUT2D eigenvalue weighted by molar-refractivity contribution is -0.153. The van der Waals surface area contributed by atoms with E-state index in [0.717, 1.165) is 17.0 Å². The van der Waals surface area contributed by atoms with Crippen LogP contribution in [0.25, 0.3) is 0 Å². The topological polar surface area (TPSA) is 73.2 Å². The predicted octanol–water partition coefficient (Wildman–Crippen LogP) is 3.10. The second-order valence-corrected chi connectivity index (χ2v) is 6.31. The van der Waals surface area contributed by atoms with Gasteiger partial charge in [0.05, 0.1) is 23.5 Å². The Balaban J connectivity index is 1.91. The van der Waals surface area contributed by atoms with Gasteiger partial charge in [0, 0.05) is 7.05 Å². The van der Waals surface area contributed by atoms with Crippen LogP contribution in [0.1, 0.15) is 43.1 Å². The Labute approximate surface area is 148 Å². The van der Waals surface area contributed by atoms with Gasteiger partial charge in [-0.1, -0.05) is 37.3 Å². The van der Waals surface area contributed by atoms with Gasteiger partial charge in [0.25, 0.3) is 5.91 Å². The number of aromatic nitrogens is 2. The Bertz CT molecular complexity index is 753. The summed E-state index contributed by atoms with van der Waals surface area (Å²) in [5.74, 6) is -0.717. The molecule has 0 aliphatic heterocycles. The van der Waals surface area contributed by atoms with Crippen LogP contribution < -0.4 is 5.32 Å². The van der Waals surface area contributed by atoms with Gasteiger partial charge in [0.2, 0.25) is 0 Å². The summed E-state index contributed by atoms with van der Waals surface area (Å²) in [6.45, 7) is 7.22. The fourth-order valence-electron chi connectivity index (χ4n) is 2.63. The Morgan fingerprint density at radius 2 is 1.84 bits per heavy atom. The number of rotatable bonds is 6. The van der Waals surface area contributed by atoms with E-state index in [9.17, 15) is 9.59 Å². The molecule has 1 N–H and O–H groups in total. The predicted molar refractivity (Wildman–Crippen MR) is 96.3 cm³/mol. The maximum atomic E-state index is 12.3. The molecule has 6 nitrogen and oxygen atoms in total. The molecule has 0 fully saturated rings. The summed E-state index contributed by atoms with van der Waals surface area (Å²) in [4.78, 5) is 24.4. The summed E-state index contributed by atoms with van der Waals surface area (Å²) in [6, 6.07) is 9.76. The minimum absolute atomic E-state index is 0.0340. The Kier molecular flexibility index (Phi) is 5.96. The second kappa shape index (κ2) is 7.96. The van der Waals surface area contributed by atoms with Gasteiger partial charge in [-0.05, 0) is 32.3 Å². The molecule has 2 atom stereocenters. The first-order valence-electron chi connectivity index (χ1n) is 8.35. The van der Waals surface area contributed by atoms with E-state index in [1.165, 1.54) is 0 Å². The Morgan fingerprint density at radius 3 is 2.40 bits per heavy atom. The fraction of sp³-hybridized carbons (Fsp3) is 0.421. The average Bonchev–Trinajstić information content (AvgIpc) is 2.81. The van der Waals surface area contributed by atoms with Gasteiger partial charge in [-0.25, -0.2) is 0 Å². The third-order valence-corrected chi connectivity index (χ3v) is 4.28. The van der Waals surface area contributed by atoms with E-state index >= 15 is 0 Å². The highest BCUT2D eigenvalue weighted by molar-refractivity contribution is 5.96. The summed E-state index contributed by atoms with van der Waals surface area (Å²) in [5, 5.41) is 7.04. The van der Waals surface area contributed by atoms with Gasteiger partial charge < -0.3 is 10.1 Å². The third kappa shape index (κ3) is 4.68. The van der Waals surface area contributed by atoms with Crippen LogP contribution in [0.2, 0.25) is 0 Å². The molecule has 1 amide bonds. The summed E-state index contributed by atoms with van der Waals surface area (Å²) in [6.07, 6.45) is -0.637. The smallest absolute Gasteiger partial charge is 0.307 e. The minimum atomic E-state index is -0.866. The van der Waals surface area contributed by atoms with Gasteiger partial charge in [-0.3, -0.25) is 14.3 Å². The first-order valence-corrected chi connectivity index (χ1v) is 8.35. The van der Waals surface area contributed by atoms with E-state index in [4.69, 9.17) is 4.74 Å². The first-order chi connectivity index (χ1) is 11.8. The maximum Gasteiger partial charge on any atom is 0.307 e. The summed E-state index contributed by atoms with van der Waals surface area (Å²) < 4.78 is 6.98. The number of nitrogens with zero attached hydrogens (tertiary/aromatic N) is 2. The zero-order valence-corrected chi connectivity index (χ0v) is 15.4. The van der Waals surface area contributed by atoms with Crippen LogP contribution in [-0.4, -0.2) is 27.8 Å². The van der Waals surface area contributed by atoms with Crippen molar-refractivity contribution >= 4 is 17.6 Å². The number of amides is 1. The van der Waals surface area contributed by atoms with Crippen molar-refractivity contribution in [2.75, 3.05) is 5.32 Å². The molecule has 0 saturated carbocycles. The first kappa shape index (κ1) is 18.7. The number of hydrogen-bond acceptors (Lipinski definition) is 4. The van der Waals surface area contributed by atoms with Crippen LogP contribution in [0.4, 0.5) is 5.69 Å². The lowest BCUT2D eigenvalue weighted by atomic mass is 9.98. The molecule has 2 aromatic rings. The van der Waals surface area contributed by atoms with Crippen molar-refractivity contribution in [3.63, 3.8) is 0 Å². The summed E-state index contributed by atoms with van der Waals surface area (Å²) in [5.41, 5.74) is 3.30. The number of ether oxygens (including phenoxy) is 1. The quantitative estimate of drug-likeness (QED) is 0.818. The molecular formula is C19H25N3O3. The largest absolute Gasteiger partial charge is 0.453 e. The molecule has 0 radical (unpaired) electrons. The number of aryl methyl sites for hydroxylation is 2. The van der Waals surface area contributed by atoms with Crippen molar-refractivity contribution in [1.82, 2.24) is 9.78 Å². The highest BCUT2D eigenvalue weighted by Crippen LogP contribution is 2.21. The van der Waals surface area contributed by atoms with E-state index in [1.54, 1.807) is 11.6 Å². The van der Waals surface area contributed by atoms with Crippen molar-refractivity contribution < 1.29 is 14.3 Å². The van der Waals surface area contributed by atoms with E-state index in [2.05, 4.69) is 10.4 Å². The van der Waals surface area contributed by atoms with Crippen LogP contribution in [0.15, 0.2) is 30.3 Å².